The second kappa shape index (κ2) is 5.71. The Balaban J connectivity index is 2.01. The third-order valence-corrected chi connectivity index (χ3v) is 3.29. The molecule has 0 radical (unpaired) electrons. The summed E-state index contributed by atoms with van der Waals surface area (Å²) >= 11 is 0. The Hall–Kier alpha value is -2.07. The monoisotopic (exact) mass is 262 g/mol. The molecule has 6 heteroatoms. The number of carbonyl (C=O) groups excluding carboxylic acids is 1. The van der Waals surface area contributed by atoms with E-state index in [1.807, 2.05) is 0 Å². The molecule has 5 nitrogen and oxygen atoms in total. The van der Waals surface area contributed by atoms with Gasteiger partial charge in [-0.1, -0.05) is 17.2 Å². The van der Waals surface area contributed by atoms with Crippen molar-refractivity contribution < 1.29 is 9.18 Å². The van der Waals surface area contributed by atoms with Crippen LogP contribution in [0, 0.1) is 18.7 Å². The van der Waals surface area contributed by atoms with Crippen molar-refractivity contribution in [3.05, 3.63) is 45.6 Å². The van der Waals surface area contributed by atoms with Crippen molar-refractivity contribution in [3.8, 4) is 0 Å². The van der Waals surface area contributed by atoms with Crippen molar-refractivity contribution >= 4 is 5.91 Å². The number of rotatable bonds is 4. The van der Waals surface area contributed by atoms with Crippen LogP contribution in [-0.4, -0.2) is 23.9 Å². The molecule has 1 aromatic carbocycles. The molecule has 2 rings (SSSR count). The first-order chi connectivity index (χ1) is 9.10. The number of carbonyl (C=O) groups is 1. The highest BCUT2D eigenvalue weighted by Crippen LogP contribution is 2.21. The summed E-state index contributed by atoms with van der Waals surface area (Å²) in [5, 5.41) is 3.51. The average molecular weight is 262 g/mol. The van der Waals surface area contributed by atoms with Gasteiger partial charge in [0.1, 0.15) is 5.82 Å². The van der Waals surface area contributed by atoms with Gasteiger partial charge in [-0.05, 0) is 35.6 Å². The number of benzene rings is 1. The summed E-state index contributed by atoms with van der Waals surface area (Å²) in [6.45, 7) is 3.12. The van der Waals surface area contributed by atoms with Crippen LogP contribution in [0.15, 0.2) is 23.3 Å². The molecule has 0 bridgehead atoms. The van der Waals surface area contributed by atoms with Crippen LogP contribution in [0.25, 0.3) is 10.4 Å². The van der Waals surface area contributed by atoms with E-state index in [4.69, 9.17) is 5.53 Å². The Morgan fingerprint density at radius 2 is 2.37 bits per heavy atom. The molecule has 1 aliphatic heterocycles. The predicted molar refractivity (Wildman–Crippen MR) is 68.7 cm³/mol. The fourth-order valence-electron chi connectivity index (χ4n) is 2.31. The van der Waals surface area contributed by atoms with Crippen LogP contribution in [0.5, 0.6) is 0 Å². The van der Waals surface area contributed by atoms with E-state index < -0.39 is 0 Å². The first-order valence-corrected chi connectivity index (χ1v) is 6.14. The Kier molecular flexibility index (Phi) is 4.02. The molecule has 1 heterocycles. The van der Waals surface area contributed by atoms with Crippen molar-refractivity contribution in [2.24, 2.45) is 11.0 Å². The fraction of sp³-hybridized carbons (Fsp3) is 0.462. The van der Waals surface area contributed by atoms with E-state index in [9.17, 15) is 9.18 Å². The highest BCUT2D eigenvalue weighted by molar-refractivity contribution is 5.78. The minimum atomic E-state index is -0.238. The van der Waals surface area contributed by atoms with Gasteiger partial charge in [0.15, 0.2) is 0 Å². The lowest BCUT2D eigenvalue weighted by Gasteiger charge is -2.16. The molecule has 1 atom stereocenters. The highest BCUT2D eigenvalue weighted by atomic mass is 19.1. The maximum Gasteiger partial charge on any atom is 0.223 e. The van der Waals surface area contributed by atoms with E-state index in [0.717, 1.165) is 5.56 Å². The first kappa shape index (κ1) is 13.4. The molecule has 0 saturated carbocycles. The Labute approximate surface area is 110 Å². The van der Waals surface area contributed by atoms with Gasteiger partial charge in [0.25, 0.3) is 0 Å². The van der Waals surface area contributed by atoms with Crippen LogP contribution in [0.1, 0.15) is 17.5 Å². The molecule has 0 spiro atoms. The van der Waals surface area contributed by atoms with Crippen molar-refractivity contribution in [2.45, 2.75) is 19.9 Å². The van der Waals surface area contributed by atoms with Gasteiger partial charge in [-0.15, -0.1) is 0 Å². The predicted octanol–water partition coefficient (Wildman–Crippen LogP) is 2.79. The fourth-order valence-corrected chi connectivity index (χ4v) is 2.31. The summed E-state index contributed by atoms with van der Waals surface area (Å²) in [7, 11) is 0. The molecule has 0 N–H and O–H groups in total. The van der Waals surface area contributed by atoms with Crippen LogP contribution >= 0.6 is 0 Å². The lowest BCUT2D eigenvalue weighted by Crippen LogP contribution is -2.24. The van der Waals surface area contributed by atoms with Crippen LogP contribution in [0.4, 0.5) is 4.39 Å². The number of halogens is 1. The highest BCUT2D eigenvalue weighted by Gasteiger charge is 2.28. The number of hydrogen-bond acceptors (Lipinski definition) is 2. The lowest BCUT2D eigenvalue weighted by molar-refractivity contribution is -0.128. The van der Waals surface area contributed by atoms with Crippen molar-refractivity contribution in [1.82, 2.24) is 4.90 Å². The molecule has 1 unspecified atom stereocenters. The number of aryl methyl sites for hydroxylation is 1. The molecule has 0 aliphatic carbocycles. The summed E-state index contributed by atoms with van der Waals surface area (Å²) < 4.78 is 13.2. The van der Waals surface area contributed by atoms with E-state index >= 15 is 0 Å². The number of likely N-dealkylation sites (tertiary alicyclic amines) is 1. The number of amides is 1. The SMILES string of the molecule is Cc1cc(CN2CC(CN=[N+]=[N-])CC2=O)ccc1F. The third kappa shape index (κ3) is 3.23. The van der Waals surface area contributed by atoms with Gasteiger partial charge in [0.2, 0.25) is 5.91 Å². The minimum Gasteiger partial charge on any atom is -0.338 e. The summed E-state index contributed by atoms with van der Waals surface area (Å²) in [5.74, 6) is -0.0946. The second-order valence-electron chi connectivity index (χ2n) is 4.84. The van der Waals surface area contributed by atoms with E-state index in [-0.39, 0.29) is 17.6 Å². The Bertz CT molecular complexity index is 539. The Morgan fingerprint density at radius 1 is 1.58 bits per heavy atom. The second-order valence-corrected chi connectivity index (χ2v) is 4.84. The van der Waals surface area contributed by atoms with Gasteiger partial charge < -0.3 is 4.90 Å². The molecule has 0 aromatic heterocycles. The molecular formula is C13H15FN4O. The first-order valence-electron chi connectivity index (χ1n) is 6.14. The zero-order chi connectivity index (χ0) is 13.8. The molecule has 1 amide bonds. The van der Waals surface area contributed by atoms with Gasteiger partial charge in [0.05, 0.1) is 0 Å². The molecule has 19 heavy (non-hydrogen) atoms. The topological polar surface area (TPSA) is 69.1 Å². The van der Waals surface area contributed by atoms with Crippen LogP contribution in [-0.2, 0) is 11.3 Å². The van der Waals surface area contributed by atoms with Gasteiger partial charge >= 0.3 is 0 Å². The number of azide groups is 1. The average Bonchev–Trinajstić information content (AvgIpc) is 2.72. The van der Waals surface area contributed by atoms with Gasteiger partial charge in [-0.25, -0.2) is 4.39 Å². The molecule has 1 aliphatic rings. The molecule has 1 saturated heterocycles. The van der Waals surface area contributed by atoms with Gasteiger partial charge in [-0.3, -0.25) is 4.79 Å². The number of hydrogen-bond donors (Lipinski definition) is 0. The summed E-state index contributed by atoms with van der Waals surface area (Å²) in [6, 6.07) is 4.86. The maximum atomic E-state index is 13.2. The van der Waals surface area contributed by atoms with Crippen molar-refractivity contribution in [3.63, 3.8) is 0 Å². The molecule has 1 aromatic rings. The van der Waals surface area contributed by atoms with E-state index in [2.05, 4.69) is 10.0 Å². The van der Waals surface area contributed by atoms with Crippen LogP contribution in [0.2, 0.25) is 0 Å². The molecule has 100 valence electrons. The molecule has 1 fully saturated rings. The quantitative estimate of drug-likeness (QED) is 0.467. The van der Waals surface area contributed by atoms with Gasteiger partial charge in [-0.2, -0.15) is 0 Å². The summed E-state index contributed by atoms with van der Waals surface area (Å²) in [6.07, 6.45) is 0.416. The van der Waals surface area contributed by atoms with Crippen LogP contribution in [0.3, 0.4) is 0 Å². The summed E-state index contributed by atoms with van der Waals surface area (Å²) in [4.78, 5) is 16.3. The molecular weight excluding hydrogens is 247 g/mol. The van der Waals surface area contributed by atoms with Crippen molar-refractivity contribution in [2.75, 3.05) is 13.1 Å². The van der Waals surface area contributed by atoms with Crippen molar-refractivity contribution in [1.29, 1.82) is 0 Å². The standard InChI is InChI=1S/C13H15FN4O/c1-9-4-10(2-3-12(9)14)7-18-8-11(5-13(18)19)6-16-17-15/h2-4,11H,5-8H2,1H3. The maximum absolute atomic E-state index is 13.2. The zero-order valence-corrected chi connectivity index (χ0v) is 10.7. The largest absolute Gasteiger partial charge is 0.338 e. The minimum absolute atomic E-state index is 0.0557. The zero-order valence-electron chi connectivity index (χ0n) is 10.7. The van der Waals surface area contributed by atoms with E-state index in [1.54, 1.807) is 24.0 Å². The normalized spacial score (nSPS) is 18.5. The third-order valence-electron chi connectivity index (χ3n) is 3.29. The summed E-state index contributed by atoms with van der Waals surface area (Å²) in [5.41, 5.74) is 9.77. The van der Waals surface area contributed by atoms with Crippen LogP contribution < -0.4 is 0 Å². The van der Waals surface area contributed by atoms with E-state index in [0.29, 0.717) is 31.6 Å². The smallest absolute Gasteiger partial charge is 0.223 e. The van der Waals surface area contributed by atoms with E-state index in [1.165, 1.54) is 6.07 Å². The lowest BCUT2D eigenvalue weighted by atomic mass is 10.1. The number of nitrogens with zero attached hydrogens (tertiary/aromatic N) is 4. The van der Waals surface area contributed by atoms with Gasteiger partial charge in [0, 0.05) is 31.0 Å². The Morgan fingerprint density at radius 3 is 3.05 bits per heavy atom.